The molecule has 0 radical (unpaired) electrons. The van der Waals surface area contributed by atoms with Crippen molar-refractivity contribution in [3.8, 4) is 0 Å². The molecule has 22 heteroatoms. The number of nitrogens with two attached hydrogens (primary N) is 7. The van der Waals surface area contributed by atoms with Gasteiger partial charge in [-0.25, -0.2) is 4.79 Å². The van der Waals surface area contributed by atoms with Crippen LogP contribution in [0.3, 0.4) is 0 Å². The first-order valence-electron chi connectivity index (χ1n) is 14.6. The number of carboxylic acids is 1. The Morgan fingerprint density at radius 1 is 0.617 bits per heavy atom. The highest BCUT2D eigenvalue weighted by atomic mass is 32.1. The van der Waals surface area contributed by atoms with Gasteiger partial charge in [-0.1, -0.05) is 0 Å². The number of thiol groups is 1. The van der Waals surface area contributed by atoms with E-state index in [1.165, 1.54) is 6.92 Å². The first-order chi connectivity index (χ1) is 22.0. The minimum Gasteiger partial charge on any atom is -0.480 e. The lowest BCUT2D eigenvalue weighted by Crippen LogP contribution is -2.59. The number of hydrogen-bond donors (Lipinski definition) is 14. The topological polar surface area (TPSA) is 393 Å². The monoisotopic (exact) mass is 690 g/mol. The molecule has 0 aliphatic carbocycles. The highest BCUT2D eigenvalue weighted by Crippen LogP contribution is 2.06. The molecule has 0 saturated carbocycles. The van der Waals surface area contributed by atoms with E-state index in [-0.39, 0.29) is 81.8 Å². The maximum absolute atomic E-state index is 13.4. The van der Waals surface area contributed by atoms with Crippen LogP contribution in [-0.4, -0.2) is 119 Å². The minimum absolute atomic E-state index is 0.0103. The van der Waals surface area contributed by atoms with Crippen LogP contribution >= 0.6 is 12.6 Å². The predicted molar refractivity (Wildman–Crippen MR) is 179 cm³/mol. The molecule has 0 aliphatic heterocycles. The van der Waals surface area contributed by atoms with Crippen molar-refractivity contribution in [3.05, 3.63) is 0 Å². The number of aliphatic hydroxyl groups is 1. The van der Waals surface area contributed by atoms with Crippen LogP contribution in [0, 0.1) is 0 Å². The van der Waals surface area contributed by atoms with Crippen LogP contribution < -0.4 is 61.4 Å². The molecule has 0 bridgehead atoms. The molecule has 0 aromatic carbocycles. The summed E-state index contributed by atoms with van der Waals surface area (Å²) in [6.07, 6.45) is -0.548. The summed E-state index contributed by atoms with van der Waals surface area (Å²) in [7, 11) is 0. The Morgan fingerprint density at radius 2 is 0.936 bits per heavy atom. The van der Waals surface area contributed by atoms with Gasteiger partial charge in [0.1, 0.15) is 30.2 Å². The van der Waals surface area contributed by atoms with Crippen LogP contribution in [-0.2, 0) is 24.0 Å². The number of aliphatic carboxylic acids is 1. The number of nitrogens with zero attached hydrogens (tertiary/aromatic N) is 3. The summed E-state index contributed by atoms with van der Waals surface area (Å²) >= 11 is 4.12. The van der Waals surface area contributed by atoms with Crippen molar-refractivity contribution in [3.63, 3.8) is 0 Å². The first kappa shape index (κ1) is 42.4. The molecule has 0 spiro atoms. The average molecular weight is 691 g/mol. The Morgan fingerprint density at radius 3 is 1.28 bits per heavy atom. The number of guanidine groups is 3. The molecular formula is C25H50N14O7S. The Balaban J connectivity index is 5.91. The minimum atomic E-state index is -1.35. The molecule has 4 amide bonds. The van der Waals surface area contributed by atoms with Crippen molar-refractivity contribution < 1.29 is 34.2 Å². The number of hydrogen-bond acceptors (Lipinski definition) is 11. The molecule has 21 nitrogen and oxygen atoms in total. The van der Waals surface area contributed by atoms with Crippen LogP contribution in [0.2, 0.25) is 0 Å². The molecular weight excluding hydrogens is 640 g/mol. The third-order valence-corrected chi connectivity index (χ3v) is 6.72. The Kier molecular flexibility index (Phi) is 20.6. The van der Waals surface area contributed by atoms with E-state index in [0.29, 0.717) is 0 Å². The fraction of sp³-hybridized carbons (Fsp3) is 0.680. The second kappa shape index (κ2) is 22.9. The fourth-order valence-electron chi connectivity index (χ4n) is 3.80. The molecule has 0 heterocycles. The highest BCUT2D eigenvalue weighted by Gasteiger charge is 2.31. The maximum atomic E-state index is 13.4. The van der Waals surface area contributed by atoms with Gasteiger partial charge in [0.25, 0.3) is 0 Å². The van der Waals surface area contributed by atoms with Gasteiger partial charge < -0.3 is 71.6 Å². The van der Waals surface area contributed by atoms with Crippen LogP contribution in [0.1, 0.15) is 45.4 Å². The van der Waals surface area contributed by atoms with Crippen molar-refractivity contribution in [2.75, 3.05) is 25.4 Å². The standard InChI is InChI=1S/C25H50N14O7S/c1-12(40)17(26)21(44)37-14(6-3-9-34-24(29)30)18(41)36-13(5-2-8-33-23(27)28)19(42)39-16(11-47)20(43)38-15(22(45)46)7-4-10-35-25(31)32/h12-17,40,47H,2-11,26H2,1H3,(H,36,41)(H,37,44)(H,38,43)(H,39,42)(H,45,46)(H4,27,28,33)(H4,29,30,34)(H4,31,32,35)/t12-,13-,14-,15+,16+,17+/m1/s1. The van der Waals surface area contributed by atoms with Crippen molar-refractivity contribution in [2.45, 2.75) is 81.8 Å². The van der Waals surface area contributed by atoms with Gasteiger partial charge in [-0.2, -0.15) is 12.6 Å². The molecule has 47 heavy (non-hydrogen) atoms. The van der Waals surface area contributed by atoms with Crippen LogP contribution in [0.15, 0.2) is 15.0 Å². The quantitative estimate of drug-likeness (QED) is 0.0205. The van der Waals surface area contributed by atoms with Gasteiger partial charge in [-0.3, -0.25) is 34.2 Å². The molecule has 0 aliphatic rings. The third kappa shape index (κ3) is 18.9. The molecule has 0 aromatic heterocycles. The number of carbonyl (C=O) groups excluding carboxylic acids is 4. The molecule has 268 valence electrons. The number of amides is 4. The Bertz CT molecular complexity index is 1130. The smallest absolute Gasteiger partial charge is 0.326 e. The lowest BCUT2D eigenvalue weighted by Gasteiger charge is -2.26. The first-order valence-corrected chi connectivity index (χ1v) is 15.3. The number of aliphatic hydroxyl groups excluding tert-OH is 1. The molecule has 0 fully saturated rings. The summed E-state index contributed by atoms with van der Waals surface area (Å²) < 4.78 is 0. The SMILES string of the molecule is C[C@@H](O)[C@H](N)C(=O)N[C@H](CCCN=C(N)N)C(=O)N[C@H](CCCN=C(N)N)C(=O)N[C@@H](CS)C(=O)N[C@@H](CCCN=C(N)N)C(=O)O. The van der Waals surface area contributed by atoms with Gasteiger partial charge in [0, 0.05) is 25.4 Å². The van der Waals surface area contributed by atoms with E-state index < -0.39 is 65.9 Å². The Labute approximate surface area is 277 Å². The fourth-order valence-corrected chi connectivity index (χ4v) is 4.06. The number of rotatable bonds is 23. The summed E-state index contributed by atoms with van der Waals surface area (Å²) in [5.41, 5.74) is 37.6. The largest absolute Gasteiger partial charge is 0.480 e. The second-order valence-corrected chi connectivity index (χ2v) is 10.7. The number of carbonyl (C=O) groups is 5. The third-order valence-electron chi connectivity index (χ3n) is 6.35. The van der Waals surface area contributed by atoms with Crippen LogP contribution in [0.5, 0.6) is 0 Å². The Hall–Kier alpha value is -4.57. The van der Waals surface area contributed by atoms with E-state index in [1.54, 1.807) is 0 Å². The van der Waals surface area contributed by atoms with Gasteiger partial charge in [0.2, 0.25) is 23.6 Å². The normalized spacial score (nSPS) is 14.5. The van der Waals surface area contributed by atoms with E-state index in [2.05, 4.69) is 48.9 Å². The van der Waals surface area contributed by atoms with E-state index in [0.717, 1.165) is 0 Å². The summed E-state index contributed by atoms with van der Waals surface area (Å²) in [5.74, 6) is -5.35. The van der Waals surface area contributed by atoms with Gasteiger partial charge >= 0.3 is 5.97 Å². The molecule has 0 aromatic rings. The second-order valence-electron chi connectivity index (χ2n) is 10.4. The van der Waals surface area contributed by atoms with E-state index in [4.69, 9.17) is 40.1 Å². The molecule has 0 rings (SSSR count). The molecule has 0 unspecified atom stereocenters. The van der Waals surface area contributed by atoms with Crippen LogP contribution in [0.25, 0.3) is 0 Å². The maximum Gasteiger partial charge on any atom is 0.326 e. The zero-order valence-corrected chi connectivity index (χ0v) is 27.2. The van der Waals surface area contributed by atoms with Crippen molar-refractivity contribution >= 4 is 60.1 Å². The van der Waals surface area contributed by atoms with Crippen molar-refractivity contribution in [1.29, 1.82) is 0 Å². The van der Waals surface area contributed by atoms with Gasteiger partial charge in [-0.15, -0.1) is 0 Å². The van der Waals surface area contributed by atoms with Gasteiger partial charge in [0.15, 0.2) is 17.9 Å². The lowest BCUT2D eigenvalue weighted by atomic mass is 10.1. The van der Waals surface area contributed by atoms with E-state index in [9.17, 15) is 34.2 Å². The number of nitrogens with one attached hydrogen (secondary N) is 4. The van der Waals surface area contributed by atoms with E-state index in [1.807, 2.05) is 0 Å². The molecule has 6 atom stereocenters. The van der Waals surface area contributed by atoms with E-state index >= 15 is 0 Å². The molecule has 0 saturated heterocycles. The zero-order chi connectivity index (χ0) is 36.1. The highest BCUT2D eigenvalue weighted by molar-refractivity contribution is 7.80. The van der Waals surface area contributed by atoms with Gasteiger partial charge in [-0.05, 0) is 45.4 Å². The van der Waals surface area contributed by atoms with Crippen molar-refractivity contribution in [1.82, 2.24) is 21.3 Å². The molecule has 20 N–H and O–H groups in total. The zero-order valence-electron chi connectivity index (χ0n) is 26.3. The van der Waals surface area contributed by atoms with Crippen LogP contribution in [0.4, 0.5) is 0 Å². The number of carboxylic acid groups (broad SMARTS) is 1. The summed E-state index contributed by atoms with van der Waals surface area (Å²) in [6, 6.07) is -6.47. The number of aliphatic imine (C=N–C) groups is 3. The van der Waals surface area contributed by atoms with Gasteiger partial charge in [0.05, 0.1) is 6.10 Å². The summed E-state index contributed by atoms with van der Waals surface area (Å²) in [5, 5.41) is 29.1. The predicted octanol–water partition coefficient (Wildman–Crippen LogP) is -6.19. The average Bonchev–Trinajstić information content (AvgIpc) is 2.98. The van der Waals surface area contributed by atoms with Crippen molar-refractivity contribution in [2.24, 2.45) is 55.1 Å². The summed E-state index contributed by atoms with van der Waals surface area (Å²) in [4.78, 5) is 75.5. The lowest BCUT2D eigenvalue weighted by molar-refractivity contribution is -0.142. The summed E-state index contributed by atoms with van der Waals surface area (Å²) in [6.45, 7) is 1.66.